The number of carbonyl (C=O) groups is 1. The molecule has 4 heteroatoms. The van der Waals surface area contributed by atoms with Crippen molar-refractivity contribution in [2.45, 2.75) is 26.8 Å². The topological polar surface area (TPSA) is 58.9 Å². The van der Waals surface area contributed by atoms with Crippen molar-refractivity contribution in [3.8, 4) is 0 Å². The molecule has 0 spiro atoms. The first-order valence-electron chi connectivity index (χ1n) is 6.80. The lowest BCUT2D eigenvalue weighted by molar-refractivity contribution is -0.684. The molecule has 106 valence electrons. The van der Waals surface area contributed by atoms with Crippen LogP contribution in [0.1, 0.15) is 29.9 Å². The Morgan fingerprint density at radius 1 is 1.30 bits per heavy atom. The first-order valence-corrected chi connectivity index (χ1v) is 6.80. The van der Waals surface area contributed by atoms with Crippen molar-refractivity contribution in [2.24, 2.45) is 0 Å². The number of nitrogens with two attached hydrogens (primary N) is 1. The first kappa shape index (κ1) is 14.3. The van der Waals surface area contributed by atoms with Gasteiger partial charge in [-0.15, -0.1) is 0 Å². The highest BCUT2D eigenvalue weighted by molar-refractivity contribution is 5.91. The Balaban J connectivity index is 1.85. The molecule has 0 unspecified atom stereocenters. The van der Waals surface area contributed by atoms with Crippen molar-refractivity contribution in [3.05, 3.63) is 53.5 Å². The molecular formula is C16H21N2O2+. The number of hydrogen-bond acceptors (Lipinski definition) is 2. The summed E-state index contributed by atoms with van der Waals surface area (Å²) < 4.78 is 5.31. The van der Waals surface area contributed by atoms with E-state index in [-0.39, 0.29) is 11.9 Å². The highest BCUT2D eigenvalue weighted by Crippen LogP contribution is 2.13. The molecule has 0 saturated heterocycles. The van der Waals surface area contributed by atoms with Gasteiger partial charge >= 0.3 is 0 Å². The van der Waals surface area contributed by atoms with Gasteiger partial charge in [-0.2, -0.15) is 0 Å². The Morgan fingerprint density at radius 2 is 2.10 bits per heavy atom. The molecule has 0 aliphatic heterocycles. The zero-order chi connectivity index (χ0) is 14.5. The van der Waals surface area contributed by atoms with Crippen LogP contribution in [0.4, 0.5) is 5.69 Å². The summed E-state index contributed by atoms with van der Waals surface area (Å²) in [5.41, 5.74) is 3.24. The van der Waals surface area contributed by atoms with Gasteiger partial charge in [0.25, 0.3) is 5.91 Å². The van der Waals surface area contributed by atoms with E-state index in [4.69, 9.17) is 4.42 Å². The monoisotopic (exact) mass is 273 g/mol. The molecule has 1 aromatic heterocycles. The highest BCUT2D eigenvalue weighted by atomic mass is 16.3. The van der Waals surface area contributed by atoms with Gasteiger partial charge in [-0.05, 0) is 56.2 Å². The smallest absolute Gasteiger partial charge is 0.279 e. The van der Waals surface area contributed by atoms with Crippen LogP contribution in [0.2, 0.25) is 0 Å². The summed E-state index contributed by atoms with van der Waals surface area (Å²) in [5, 5.41) is 4.86. The van der Waals surface area contributed by atoms with Crippen LogP contribution >= 0.6 is 0 Å². The molecule has 3 N–H and O–H groups in total. The summed E-state index contributed by atoms with van der Waals surface area (Å²) in [6.07, 6.45) is 1.65. The van der Waals surface area contributed by atoms with E-state index >= 15 is 0 Å². The van der Waals surface area contributed by atoms with Crippen molar-refractivity contribution in [1.29, 1.82) is 0 Å². The third-order valence-corrected chi connectivity index (χ3v) is 3.44. The average molecular weight is 273 g/mol. The summed E-state index contributed by atoms with van der Waals surface area (Å²) >= 11 is 0. The summed E-state index contributed by atoms with van der Waals surface area (Å²) in [4.78, 5) is 11.9. The van der Waals surface area contributed by atoms with Gasteiger partial charge in [-0.1, -0.05) is 6.07 Å². The standard InChI is InChI=1S/C16H20N2O2/c1-11-6-7-14(9-12(11)2)18-16(19)10-17-13(3)15-5-4-8-20-15/h4-9,13,17H,10H2,1-3H3,(H,18,19)/p+1/t13-/m0/s1. The van der Waals surface area contributed by atoms with E-state index in [1.54, 1.807) is 6.26 Å². The SMILES string of the molecule is Cc1ccc(NC(=O)C[NH2+][C@@H](C)c2ccco2)cc1C. The van der Waals surface area contributed by atoms with Crippen LogP contribution in [0.15, 0.2) is 41.0 Å². The molecule has 0 aliphatic carbocycles. The molecule has 0 bridgehead atoms. The Hall–Kier alpha value is -2.07. The largest absolute Gasteiger partial charge is 0.463 e. The Labute approximate surface area is 119 Å². The molecule has 1 atom stereocenters. The Kier molecular flexibility index (Phi) is 4.58. The molecule has 0 aliphatic rings. The lowest BCUT2D eigenvalue weighted by Crippen LogP contribution is -2.86. The van der Waals surface area contributed by atoms with E-state index in [0.717, 1.165) is 11.4 Å². The maximum atomic E-state index is 11.9. The fourth-order valence-electron chi connectivity index (χ4n) is 1.98. The molecule has 20 heavy (non-hydrogen) atoms. The molecule has 1 aromatic carbocycles. The maximum absolute atomic E-state index is 11.9. The molecule has 4 nitrogen and oxygen atoms in total. The number of anilines is 1. The van der Waals surface area contributed by atoms with Gasteiger partial charge in [0.05, 0.1) is 6.26 Å². The van der Waals surface area contributed by atoms with E-state index in [1.165, 1.54) is 11.1 Å². The lowest BCUT2D eigenvalue weighted by atomic mass is 10.1. The van der Waals surface area contributed by atoms with E-state index in [1.807, 2.05) is 49.5 Å². The highest BCUT2D eigenvalue weighted by Gasteiger charge is 2.13. The van der Waals surface area contributed by atoms with Crippen LogP contribution < -0.4 is 10.6 Å². The first-order chi connectivity index (χ1) is 9.56. The predicted molar refractivity (Wildman–Crippen MR) is 78.5 cm³/mol. The summed E-state index contributed by atoms with van der Waals surface area (Å²) in [5.74, 6) is 0.871. The van der Waals surface area contributed by atoms with Crippen molar-refractivity contribution >= 4 is 11.6 Å². The Morgan fingerprint density at radius 3 is 2.75 bits per heavy atom. The fourth-order valence-corrected chi connectivity index (χ4v) is 1.98. The molecule has 1 amide bonds. The van der Waals surface area contributed by atoms with Gasteiger partial charge in [0.1, 0.15) is 6.04 Å². The number of benzene rings is 1. The maximum Gasteiger partial charge on any atom is 0.279 e. The van der Waals surface area contributed by atoms with Crippen LogP contribution in [-0.2, 0) is 4.79 Å². The normalized spacial score (nSPS) is 12.2. The third kappa shape index (κ3) is 3.71. The molecular weight excluding hydrogens is 252 g/mol. The number of nitrogens with one attached hydrogen (secondary N) is 1. The number of quaternary nitrogens is 1. The summed E-state index contributed by atoms with van der Waals surface area (Å²) in [6.45, 7) is 6.48. The van der Waals surface area contributed by atoms with E-state index in [9.17, 15) is 4.79 Å². The number of aryl methyl sites for hydroxylation is 2. The van der Waals surface area contributed by atoms with Crippen LogP contribution in [-0.4, -0.2) is 12.5 Å². The van der Waals surface area contributed by atoms with Crippen molar-refractivity contribution in [2.75, 3.05) is 11.9 Å². The van der Waals surface area contributed by atoms with Gasteiger partial charge < -0.3 is 15.1 Å². The quantitative estimate of drug-likeness (QED) is 0.877. The number of hydrogen-bond donors (Lipinski definition) is 2. The number of amides is 1. The van der Waals surface area contributed by atoms with Crippen molar-refractivity contribution in [1.82, 2.24) is 0 Å². The van der Waals surface area contributed by atoms with Crippen molar-refractivity contribution < 1.29 is 14.5 Å². The minimum Gasteiger partial charge on any atom is -0.463 e. The zero-order valence-electron chi connectivity index (χ0n) is 12.1. The minimum atomic E-state index is -0.00772. The Bertz CT molecular complexity index is 576. The summed E-state index contributed by atoms with van der Waals surface area (Å²) in [7, 11) is 0. The third-order valence-electron chi connectivity index (χ3n) is 3.44. The number of carbonyl (C=O) groups excluding carboxylic acids is 1. The molecule has 1 heterocycles. The van der Waals surface area contributed by atoms with Crippen LogP contribution in [0.3, 0.4) is 0 Å². The van der Waals surface area contributed by atoms with E-state index < -0.39 is 0 Å². The van der Waals surface area contributed by atoms with E-state index in [0.29, 0.717) is 6.54 Å². The molecule has 2 aromatic rings. The fraction of sp³-hybridized carbons (Fsp3) is 0.312. The molecule has 2 rings (SSSR count). The van der Waals surface area contributed by atoms with Gasteiger partial charge in [0.15, 0.2) is 12.3 Å². The number of rotatable bonds is 5. The number of furan rings is 1. The second-order valence-electron chi connectivity index (χ2n) is 5.09. The second kappa shape index (κ2) is 6.39. The van der Waals surface area contributed by atoms with Crippen molar-refractivity contribution in [3.63, 3.8) is 0 Å². The van der Waals surface area contributed by atoms with Gasteiger partial charge in [0, 0.05) is 5.69 Å². The van der Waals surface area contributed by atoms with Gasteiger partial charge in [-0.25, -0.2) is 0 Å². The van der Waals surface area contributed by atoms with Gasteiger partial charge in [-0.3, -0.25) is 4.79 Å². The predicted octanol–water partition coefficient (Wildman–Crippen LogP) is 2.16. The lowest BCUT2D eigenvalue weighted by Gasteiger charge is -2.09. The molecule has 0 radical (unpaired) electrons. The van der Waals surface area contributed by atoms with Crippen LogP contribution in [0.5, 0.6) is 0 Å². The van der Waals surface area contributed by atoms with Crippen LogP contribution in [0.25, 0.3) is 0 Å². The zero-order valence-corrected chi connectivity index (χ0v) is 12.1. The average Bonchev–Trinajstić information content (AvgIpc) is 2.94. The molecule has 0 fully saturated rings. The van der Waals surface area contributed by atoms with Crippen LogP contribution in [0, 0.1) is 13.8 Å². The summed E-state index contributed by atoms with van der Waals surface area (Å²) in [6, 6.07) is 9.84. The van der Waals surface area contributed by atoms with E-state index in [2.05, 4.69) is 12.2 Å². The minimum absolute atomic E-state index is 0.00772. The second-order valence-corrected chi connectivity index (χ2v) is 5.09. The molecule has 0 saturated carbocycles. The van der Waals surface area contributed by atoms with Gasteiger partial charge in [0.2, 0.25) is 0 Å².